The summed E-state index contributed by atoms with van der Waals surface area (Å²) in [4.78, 5) is 37.8. The minimum Gasteiger partial charge on any atom is -0.490 e. The lowest BCUT2D eigenvalue weighted by molar-refractivity contribution is -0.146. The number of hydrogen-bond acceptors (Lipinski definition) is 7. The molecule has 0 radical (unpaired) electrons. The number of carbonyl (C=O) groups is 3. The van der Waals surface area contributed by atoms with E-state index in [1.807, 2.05) is 13.8 Å². The van der Waals surface area contributed by atoms with Gasteiger partial charge in [-0.3, -0.25) is 19.3 Å². The molecule has 1 heterocycles. The Labute approximate surface area is 181 Å². The topological polar surface area (TPSA) is 82.1 Å². The molecule has 2 rings (SSSR count). The molecule has 1 aromatic carbocycles. The van der Waals surface area contributed by atoms with Crippen LogP contribution in [0.4, 0.5) is 4.79 Å². The van der Waals surface area contributed by atoms with E-state index in [0.717, 1.165) is 42.3 Å². The van der Waals surface area contributed by atoms with Gasteiger partial charge in [0, 0.05) is 0 Å². The number of carbonyl (C=O) groups excluding carboxylic acids is 3. The van der Waals surface area contributed by atoms with Crippen molar-refractivity contribution in [2.45, 2.75) is 46.5 Å². The number of unbranched alkanes of at least 4 members (excludes halogenated alkanes) is 2. The summed E-state index contributed by atoms with van der Waals surface area (Å²) in [5.41, 5.74) is 0.706. The van der Waals surface area contributed by atoms with E-state index in [4.69, 9.17) is 14.2 Å². The van der Waals surface area contributed by atoms with Crippen LogP contribution >= 0.6 is 11.8 Å². The first-order chi connectivity index (χ1) is 14.5. The number of esters is 1. The van der Waals surface area contributed by atoms with Gasteiger partial charge in [0.25, 0.3) is 11.1 Å². The molecule has 0 saturated carbocycles. The number of imide groups is 1. The van der Waals surface area contributed by atoms with Crippen LogP contribution in [0.3, 0.4) is 0 Å². The standard InChI is InChI=1S/C22H29NO6S/c1-4-7-11-28-17-10-9-16(13-18(17)27-6-3)14-19-21(25)23(22(26)30-19)15-20(24)29-12-8-5-2/h9-10,13-14H,4-8,11-12,15H2,1-3H3/b19-14-. The number of benzene rings is 1. The van der Waals surface area contributed by atoms with Gasteiger partial charge in [-0.05, 0) is 55.3 Å². The van der Waals surface area contributed by atoms with Crippen LogP contribution in [-0.4, -0.2) is 48.4 Å². The Balaban J connectivity index is 2.10. The molecule has 0 atom stereocenters. The molecule has 1 aromatic rings. The Morgan fingerprint density at radius 2 is 1.77 bits per heavy atom. The molecular formula is C22H29NO6S. The second kappa shape index (κ2) is 12.3. The van der Waals surface area contributed by atoms with E-state index < -0.39 is 17.1 Å². The minimum absolute atomic E-state index is 0.253. The summed E-state index contributed by atoms with van der Waals surface area (Å²) in [5, 5.41) is -0.483. The van der Waals surface area contributed by atoms with Crippen LogP contribution in [0.15, 0.2) is 23.1 Å². The molecule has 0 N–H and O–H groups in total. The molecule has 1 aliphatic heterocycles. The Bertz CT molecular complexity index is 792. The molecule has 0 bridgehead atoms. The van der Waals surface area contributed by atoms with E-state index in [9.17, 15) is 14.4 Å². The molecule has 8 heteroatoms. The van der Waals surface area contributed by atoms with Gasteiger partial charge in [0.1, 0.15) is 6.54 Å². The lowest BCUT2D eigenvalue weighted by Gasteiger charge is -2.12. The maximum Gasteiger partial charge on any atom is 0.326 e. The first-order valence-corrected chi connectivity index (χ1v) is 11.1. The molecule has 1 fully saturated rings. The normalized spacial score (nSPS) is 15.0. The van der Waals surface area contributed by atoms with Gasteiger partial charge in [0.15, 0.2) is 11.5 Å². The number of hydrogen-bond donors (Lipinski definition) is 0. The predicted octanol–water partition coefficient (Wildman–Crippen LogP) is 4.64. The molecule has 1 aliphatic rings. The van der Waals surface area contributed by atoms with Gasteiger partial charge in [0.05, 0.1) is 24.7 Å². The third kappa shape index (κ3) is 6.79. The maximum absolute atomic E-state index is 12.6. The van der Waals surface area contributed by atoms with E-state index in [-0.39, 0.29) is 18.1 Å². The van der Waals surface area contributed by atoms with Crippen molar-refractivity contribution in [3.8, 4) is 11.5 Å². The van der Waals surface area contributed by atoms with Crippen molar-refractivity contribution in [3.05, 3.63) is 28.7 Å². The van der Waals surface area contributed by atoms with Crippen molar-refractivity contribution >= 4 is 35.0 Å². The smallest absolute Gasteiger partial charge is 0.326 e. The molecule has 164 valence electrons. The summed E-state index contributed by atoms with van der Waals surface area (Å²) in [6.45, 7) is 6.94. The van der Waals surface area contributed by atoms with Crippen LogP contribution in [0.5, 0.6) is 11.5 Å². The minimum atomic E-state index is -0.584. The highest BCUT2D eigenvalue weighted by Gasteiger charge is 2.36. The van der Waals surface area contributed by atoms with E-state index >= 15 is 0 Å². The third-order valence-electron chi connectivity index (χ3n) is 4.24. The largest absolute Gasteiger partial charge is 0.490 e. The van der Waals surface area contributed by atoms with Crippen LogP contribution in [0.1, 0.15) is 52.0 Å². The van der Waals surface area contributed by atoms with Gasteiger partial charge >= 0.3 is 5.97 Å². The van der Waals surface area contributed by atoms with Gasteiger partial charge < -0.3 is 14.2 Å². The SMILES string of the molecule is CCCCOC(=O)CN1C(=O)S/C(=C\c2ccc(OCCCC)c(OCC)c2)C1=O. The Morgan fingerprint density at radius 1 is 1.03 bits per heavy atom. The number of ether oxygens (including phenoxy) is 3. The highest BCUT2D eigenvalue weighted by atomic mass is 32.2. The maximum atomic E-state index is 12.6. The Morgan fingerprint density at radius 3 is 2.47 bits per heavy atom. The fraction of sp³-hybridized carbons (Fsp3) is 0.500. The molecule has 0 aliphatic carbocycles. The highest BCUT2D eigenvalue weighted by Crippen LogP contribution is 2.34. The quantitative estimate of drug-likeness (QED) is 0.269. The summed E-state index contributed by atoms with van der Waals surface area (Å²) >= 11 is 0.806. The van der Waals surface area contributed by atoms with E-state index in [0.29, 0.717) is 30.3 Å². The average Bonchev–Trinajstić information content (AvgIpc) is 2.97. The van der Waals surface area contributed by atoms with Crippen molar-refractivity contribution in [3.63, 3.8) is 0 Å². The van der Waals surface area contributed by atoms with E-state index in [1.54, 1.807) is 24.3 Å². The zero-order chi connectivity index (χ0) is 21.9. The van der Waals surface area contributed by atoms with Crippen LogP contribution in [0.2, 0.25) is 0 Å². The highest BCUT2D eigenvalue weighted by molar-refractivity contribution is 8.18. The molecule has 0 unspecified atom stereocenters. The lowest BCUT2D eigenvalue weighted by Crippen LogP contribution is -2.34. The van der Waals surface area contributed by atoms with Gasteiger partial charge in [-0.25, -0.2) is 0 Å². The van der Waals surface area contributed by atoms with E-state index in [1.165, 1.54) is 0 Å². The third-order valence-corrected chi connectivity index (χ3v) is 5.15. The molecule has 7 nitrogen and oxygen atoms in total. The number of thioether (sulfide) groups is 1. The molecular weight excluding hydrogens is 406 g/mol. The number of rotatable bonds is 12. The van der Waals surface area contributed by atoms with Crippen molar-refractivity contribution in [2.24, 2.45) is 0 Å². The number of amides is 2. The van der Waals surface area contributed by atoms with E-state index in [2.05, 4.69) is 6.92 Å². The molecule has 2 amide bonds. The summed E-state index contributed by atoms with van der Waals surface area (Å²) < 4.78 is 16.5. The molecule has 1 saturated heterocycles. The lowest BCUT2D eigenvalue weighted by atomic mass is 10.2. The second-order valence-corrected chi connectivity index (χ2v) is 7.68. The van der Waals surface area contributed by atoms with Crippen molar-refractivity contribution in [1.82, 2.24) is 4.90 Å². The van der Waals surface area contributed by atoms with Crippen LogP contribution in [0.25, 0.3) is 6.08 Å². The first kappa shape index (κ1) is 23.8. The first-order valence-electron chi connectivity index (χ1n) is 10.3. The van der Waals surface area contributed by atoms with Gasteiger partial charge in [0.2, 0.25) is 0 Å². The zero-order valence-electron chi connectivity index (χ0n) is 17.8. The van der Waals surface area contributed by atoms with Crippen molar-refractivity contribution in [1.29, 1.82) is 0 Å². The Hall–Kier alpha value is -2.48. The second-order valence-electron chi connectivity index (χ2n) is 6.68. The summed E-state index contributed by atoms with van der Waals surface area (Å²) in [5.74, 6) is 0.143. The van der Waals surface area contributed by atoms with Crippen molar-refractivity contribution < 1.29 is 28.6 Å². The molecule has 30 heavy (non-hydrogen) atoms. The summed E-state index contributed by atoms with van der Waals surface area (Å²) in [6.07, 6.45) is 5.23. The fourth-order valence-electron chi connectivity index (χ4n) is 2.62. The predicted molar refractivity (Wildman–Crippen MR) is 117 cm³/mol. The zero-order valence-corrected chi connectivity index (χ0v) is 18.6. The number of nitrogens with zero attached hydrogens (tertiary/aromatic N) is 1. The van der Waals surface area contributed by atoms with Crippen molar-refractivity contribution in [2.75, 3.05) is 26.4 Å². The summed E-state index contributed by atoms with van der Waals surface area (Å²) in [6, 6.07) is 5.37. The fourth-order valence-corrected chi connectivity index (χ4v) is 3.46. The monoisotopic (exact) mass is 435 g/mol. The average molecular weight is 436 g/mol. The van der Waals surface area contributed by atoms with Gasteiger partial charge in [-0.15, -0.1) is 0 Å². The van der Waals surface area contributed by atoms with Gasteiger partial charge in [-0.2, -0.15) is 0 Å². The molecule has 0 aromatic heterocycles. The van der Waals surface area contributed by atoms with Crippen LogP contribution < -0.4 is 9.47 Å². The summed E-state index contributed by atoms with van der Waals surface area (Å²) in [7, 11) is 0. The molecule has 0 spiro atoms. The van der Waals surface area contributed by atoms with Crippen LogP contribution in [-0.2, 0) is 14.3 Å². The Kier molecular flexibility index (Phi) is 9.73. The van der Waals surface area contributed by atoms with Crippen LogP contribution in [0, 0.1) is 0 Å². The van der Waals surface area contributed by atoms with Gasteiger partial charge in [-0.1, -0.05) is 32.8 Å².